The average Bonchev–Trinajstić information content (AvgIpc) is 2.97. The lowest BCUT2D eigenvalue weighted by atomic mass is 10.2. The van der Waals surface area contributed by atoms with E-state index in [-0.39, 0.29) is 11.6 Å². The quantitative estimate of drug-likeness (QED) is 0.618. The average molecular weight is 392 g/mol. The molecule has 1 aliphatic rings. The molecule has 0 aromatic heterocycles. The molecule has 1 heterocycles. The van der Waals surface area contributed by atoms with Gasteiger partial charge >= 0.3 is 11.9 Å². The first-order valence-corrected chi connectivity index (χ1v) is 8.10. The van der Waals surface area contributed by atoms with E-state index in [4.69, 9.17) is 37.8 Å². The maximum absolute atomic E-state index is 12.0. The lowest BCUT2D eigenvalue weighted by Gasteiger charge is -2.02. The van der Waals surface area contributed by atoms with Gasteiger partial charge in [0.2, 0.25) is 5.90 Å². The van der Waals surface area contributed by atoms with Crippen molar-refractivity contribution in [3.05, 3.63) is 69.3 Å². The number of benzene rings is 2. The van der Waals surface area contributed by atoms with Crippen LogP contribution in [0.5, 0.6) is 5.75 Å². The number of carbonyl (C=O) groups is 2. The number of halogens is 2. The molecule has 0 fully saturated rings. The number of carbonyl (C=O) groups excluding carboxylic acids is 1. The molecular weight excluding hydrogens is 381 g/mol. The van der Waals surface area contributed by atoms with Crippen LogP contribution in [0.3, 0.4) is 0 Å². The highest BCUT2D eigenvalue weighted by molar-refractivity contribution is 6.42. The highest BCUT2D eigenvalue weighted by Gasteiger charge is 2.24. The second-order valence-corrected chi connectivity index (χ2v) is 6.03. The van der Waals surface area contributed by atoms with Gasteiger partial charge in [0.1, 0.15) is 5.75 Å². The molecule has 3 rings (SSSR count). The molecule has 6 nitrogen and oxygen atoms in total. The highest BCUT2D eigenvalue weighted by Crippen LogP contribution is 2.26. The van der Waals surface area contributed by atoms with E-state index in [0.29, 0.717) is 26.9 Å². The SMILES string of the molecule is O=C(O)COc1ccc(/C=C2\N=C(c3ccc(Cl)c(Cl)c3)OC2=O)cc1. The predicted molar refractivity (Wildman–Crippen MR) is 96.6 cm³/mol. The largest absolute Gasteiger partial charge is 0.482 e. The van der Waals surface area contributed by atoms with E-state index < -0.39 is 18.5 Å². The minimum Gasteiger partial charge on any atom is -0.482 e. The molecule has 2 aromatic carbocycles. The summed E-state index contributed by atoms with van der Waals surface area (Å²) >= 11 is 11.8. The topological polar surface area (TPSA) is 85.2 Å². The van der Waals surface area contributed by atoms with Gasteiger partial charge in [-0.25, -0.2) is 14.6 Å². The van der Waals surface area contributed by atoms with E-state index >= 15 is 0 Å². The Balaban J connectivity index is 1.79. The van der Waals surface area contributed by atoms with Crippen LogP contribution in [-0.4, -0.2) is 29.5 Å². The summed E-state index contributed by atoms with van der Waals surface area (Å²) in [6.07, 6.45) is 1.55. The van der Waals surface area contributed by atoms with E-state index in [1.165, 1.54) is 0 Å². The number of aliphatic imine (C=N–C) groups is 1. The Morgan fingerprint density at radius 3 is 2.54 bits per heavy atom. The van der Waals surface area contributed by atoms with Crippen molar-refractivity contribution in [2.24, 2.45) is 4.99 Å². The van der Waals surface area contributed by atoms with E-state index in [1.54, 1.807) is 48.5 Å². The summed E-state index contributed by atoms with van der Waals surface area (Å²) in [6, 6.07) is 11.3. The third-order valence-corrected chi connectivity index (χ3v) is 4.07. The number of aliphatic carboxylic acids is 1. The summed E-state index contributed by atoms with van der Waals surface area (Å²) in [7, 11) is 0. The number of nitrogens with zero attached hydrogens (tertiary/aromatic N) is 1. The third-order valence-electron chi connectivity index (χ3n) is 3.33. The smallest absolute Gasteiger partial charge is 0.363 e. The van der Waals surface area contributed by atoms with Gasteiger partial charge in [-0.3, -0.25) is 0 Å². The summed E-state index contributed by atoms with van der Waals surface area (Å²) < 4.78 is 10.2. The van der Waals surface area contributed by atoms with Gasteiger partial charge in [-0.2, -0.15) is 0 Å². The van der Waals surface area contributed by atoms with Gasteiger partial charge in [0.15, 0.2) is 12.3 Å². The van der Waals surface area contributed by atoms with Crippen LogP contribution < -0.4 is 4.74 Å². The first-order valence-electron chi connectivity index (χ1n) is 7.35. The van der Waals surface area contributed by atoms with Crippen molar-refractivity contribution < 1.29 is 24.2 Å². The minimum absolute atomic E-state index is 0.130. The third kappa shape index (κ3) is 4.22. The van der Waals surface area contributed by atoms with Crippen LogP contribution in [0.4, 0.5) is 0 Å². The molecule has 0 radical (unpaired) electrons. The number of cyclic esters (lactones) is 1. The Morgan fingerprint density at radius 1 is 1.15 bits per heavy atom. The molecule has 1 N–H and O–H groups in total. The van der Waals surface area contributed by atoms with Crippen molar-refractivity contribution >= 4 is 47.1 Å². The van der Waals surface area contributed by atoms with Crippen LogP contribution in [0, 0.1) is 0 Å². The molecule has 0 aliphatic carbocycles. The van der Waals surface area contributed by atoms with Gasteiger partial charge < -0.3 is 14.6 Å². The van der Waals surface area contributed by atoms with Crippen LogP contribution in [0.2, 0.25) is 10.0 Å². The Hall–Kier alpha value is -2.83. The number of carboxylic acids is 1. The summed E-state index contributed by atoms with van der Waals surface area (Å²) in [5, 5.41) is 9.30. The monoisotopic (exact) mass is 391 g/mol. The maximum atomic E-state index is 12.0. The van der Waals surface area contributed by atoms with Crippen LogP contribution >= 0.6 is 23.2 Å². The maximum Gasteiger partial charge on any atom is 0.363 e. The molecular formula is C18H11Cl2NO5. The number of carboxylic acid groups (broad SMARTS) is 1. The summed E-state index contributed by atoms with van der Waals surface area (Å²) in [5.74, 6) is -1.10. The summed E-state index contributed by atoms with van der Waals surface area (Å²) in [4.78, 5) is 26.7. The fourth-order valence-corrected chi connectivity index (χ4v) is 2.42. The fraction of sp³-hybridized carbons (Fsp3) is 0.0556. The van der Waals surface area contributed by atoms with E-state index in [0.717, 1.165) is 0 Å². The van der Waals surface area contributed by atoms with Crippen LogP contribution in [-0.2, 0) is 14.3 Å². The van der Waals surface area contributed by atoms with Gasteiger partial charge in [0, 0.05) is 5.56 Å². The zero-order valence-electron chi connectivity index (χ0n) is 13.1. The van der Waals surface area contributed by atoms with Crippen LogP contribution in [0.15, 0.2) is 53.2 Å². The number of hydrogen-bond donors (Lipinski definition) is 1. The number of ether oxygens (including phenoxy) is 2. The number of rotatable bonds is 5. The van der Waals surface area contributed by atoms with Crippen molar-refractivity contribution in [2.75, 3.05) is 6.61 Å². The predicted octanol–water partition coefficient (Wildman–Crippen LogP) is 3.80. The lowest BCUT2D eigenvalue weighted by Crippen LogP contribution is -2.09. The Kier molecular flexibility index (Phi) is 5.25. The Bertz CT molecular complexity index is 935. The van der Waals surface area contributed by atoms with Gasteiger partial charge in [-0.1, -0.05) is 35.3 Å². The van der Waals surface area contributed by atoms with Gasteiger partial charge in [-0.05, 0) is 42.0 Å². The van der Waals surface area contributed by atoms with E-state index in [2.05, 4.69) is 4.99 Å². The Labute approximate surface area is 158 Å². The molecule has 2 aromatic rings. The molecule has 132 valence electrons. The molecule has 0 unspecified atom stereocenters. The molecule has 26 heavy (non-hydrogen) atoms. The zero-order valence-corrected chi connectivity index (χ0v) is 14.6. The molecule has 0 spiro atoms. The van der Waals surface area contributed by atoms with Crippen molar-refractivity contribution in [3.63, 3.8) is 0 Å². The number of hydrogen-bond acceptors (Lipinski definition) is 5. The first-order chi connectivity index (χ1) is 12.4. The van der Waals surface area contributed by atoms with E-state index in [1.807, 2.05) is 0 Å². The van der Waals surface area contributed by atoms with Gasteiger partial charge in [0.25, 0.3) is 0 Å². The van der Waals surface area contributed by atoms with Gasteiger partial charge in [0.05, 0.1) is 10.0 Å². The summed E-state index contributed by atoms with van der Waals surface area (Å²) in [6.45, 7) is -0.427. The normalized spacial score (nSPS) is 14.9. The minimum atomic E-state index is -1.06. The van der Waals surface area contributed by atoms with Crippen molar-refractivity contribution in [3.8, 4) is 5.75 Å². The Morgan fingerprint density at radius 2 is 1.88 bits per heavy atom. The second-order valence-electron chi connectivity index (χ2n) is 5.22. The number of esters is 1. The zero-order chi connectivity index (χ0) is 18.7. The van der Waals surface area contributed by atoms with Crippen molar-refractivity contribution in [1.29, 1.82) is 0 Å². The molecule has 8 heteroatoms. The second kappa shape index (κ2) is 7.59. The van der Waals surface area contributed by atoms with Gasteiger partial charge in [-0.15, -0.1) is 0 Å². The van der Waals surface area contributed by atoms with Crippen LogP contribution in [0.25, 0.3) is 6.08 Å². The van der Waals surface area contributed by atoms with E-state index in [9.17, 15) is 9.59 Å². The summed E-state index contributed by atoms with van der Waals surface area (Å²) in [5.41, 5.74) is 1.35. The lowest BCUT2D eigenvalue weighted by molar-refractivity contribution is -0.139. The molecule has 0 amide bonds. The first kappa shape index (κ1) is 18.0. The van der Waals surface area contributed by atoms with Crippen LogP contribution in [0.1, 0.15) is 11.1 Å². The molecule has 0 saturated carbocycles. The molecule has 1 aliphatic heterocycles. The fourth-order valence-electron chi connectivity index (χ4n) is 2.13. The standard InChI is InChI=1S/C18H11Cl2NO5/c19-13-6-3-11(8-14(13)20)17-21-15(18(24)26-17)7-10-1-4-12(5-2-10)25-9-16(22)23/h1-8H,9H2,(H,22,23)/b15-7-. The highest BCUT2D eigenvalue weighted by atomic mass is 35.5. The molecule has 0 saturated heterocycles. The van der Waals surface area contributed by atoms with Crippen molar-refractivity contribution in [2.45, 2.75) is 0 Å². The molecule has 0 atom stereocenters. The van der Waals surface area contributed by atoms with Crippen molar-refractivity contribution in [1.82, 2.24) is 0 Å². The molecule has 0 bridgehead atoms.